The van der Waals surface area contributed by atoms with Crippen LogP contribution in [-0.2, 0) is 106 Å². The third-order valence-electron chi connectivity index (χ3n) is 24.7. The van der Waals surface area contributed by atoms with E-state index in [4.69, 9.17) is 5.73 Å². The fourth-order valence-corrected chi connectivity index (χ4v) is 17.9. The molecule has 3 aromatic carbocycles. The van der Waals surface area contributed by atoms with Gasteiger partial charge in [-0.05, 0) is 125 Å². The molecule has 15 atom stereocenters. The number of carbonyl (C=O) groups is 18. The van der Waals surface area contributed by atoms with Crippen molar-refractivity contribution in [2.75, 3.05) is 65.4 Å². The number of benzene rings is 3. The molecule has 18 amide bonds. The fourth-order valence-electron chi connectivity index (χ4n) is 17.0. The van der Waals surface area contributed by atoms with E-state index in [9.17, 15) is 58.2 Å². The summed E-state index contributed by atoms with van der Waals surface area (Å²) >= 11 is 0.765. The zero-order valence-electron chi connectivity index (χ0n) is 75.0. The number of hydrogen-bond acceptors (Lipinski definition) is 21. The van der Waals surface area contributed by atoms with Gasteiger partial charge >= 0.3 is 0 Å². The molecule has 10 rings (SSSR count). The second-order valence-corrected chi connectivity index (χ2v) is 35.4. The molecule has 0 saturated carbocycles. The average molecular weight is 1840 g/mol. The van der Waals surface area contributed by atoms with Crippen molar-refractivity contribution in [1.82, 2.24) is 98.3 Å². The molecule has 40 nitrogen and oxygen atoms in total. The van der Waals surface area contributed by atoms with Crippen LogP contribution in [0.4, 0.5) is 0 Å². The first-order valence-corrected chi connectivity index (χ1v) is 46.2. The molecule has 5 aliphatic heterocycles. The van der Waals surface area contributed by atoms with Crippen LogP contribution in [0.2, 0.25) is 0 Å². The number of thioether (sulfide) groups is 1. The van der Waals surface area contributed by atoms with Gasteiger partial charge in [-0.2, -0.15) is 0 Å². The largest absolute Gasteiger partial charge is 0.508 e. The molecule has 0 unspecified atom stereocenters. The standard InChI is InChI=1S/C90H124N20O20S/c1-8-10-27-69-83(123)100-62-34-35-74(114)92-36-18-16-25-61(80(120)104-66(41-54-45-95-60-24-15-13-22-58(54)60)87(127)108(7)71(28-11-9-2)90(130)107(69)6)99-82(122)64(40-53-44-94-59-23-14-12-21-57(53)59)102-85(125)72-42-56(112)47-110(72)88(128)63-26-17-19-37-93-75(115)43-67(89(129)109-38-20-29-70(109)84(124)97-50(3)77(117)101-63)103-78(118)51(4)106(5)86(126)65(39-52-30-32-55(111)33-31-52)98-76(116)49-131-48-68(105-81(62)121)79(119)96-46-73(91)113/h12-15,21-24,30-33,44-45,50-51,56,61-72,94-95,111-112H,8-11,16-20,25-29,34-43,46-49H2,1-7H3,(H2,91,113)(H,92,114)(H,93,115)(H,96,119)(H,97,124)(H,98,116)(H,99,122)(H,100,123)(H,101,117)(H,102,125)(H,103,118)(H,104,120)(H,105,121)/t50-,51-,56+,61-,62-,63-,64-,65-,66-,67-,68-,69-,70-,71-,72-/m0/s1. The highest BCUT2D eigenvalue weighted by atomic mass is 32.2. The second kappa shape index (κ2) is 47.7. The summed E-state index contributed by atoms with van der Waals surface area (Å²) < 4.78 is 0. The van der Waals surface area contributed by atoms with Crippen molar-refractivity contribution in [3.05, 3.63) is 102 Å². The van der Waals surface area contributed by atoms with Crippen LogP contribution in [0.15, 0.2) is 85.2 Å². The van der Waals surface area contributed by atoms with Gasteiger partial charge in [-0.1, -0.05) is 88.1 Å². The molecule has 2 aromatic heterocycles. The summed E-state index contributed by atoms with van der Waals surface area (Å²) in [7, 11) is 4.01. The summed E-state index contributed by atoms with van der Waals surface area (Å²) in [4.78, 5) is 279. The molecule has 0 aliphatic carbocycles. The molecule has 0 spiro atoms. The van der Waals surface area contributed by atoms with Crippen LogP contribution in [0.1, 0.15) is 160 Å². The maximum atomic E-state index is 15.9. The molecule has 5 aliphatic rings. The number of para-hydroxylation sites is 2. The maximum Gasteiger partial charge on any atom is 0.246 e. The number of hydrogen-bond donors (Lipinski definition) is 17. The number of aromatic hydroxyl groups is 1. The summed E-state index contributed by atoms with van der Waals surface area (Å²) in [5.74, 6) is -16.8. The van der Waals surface area contributed by atoms with Crippen LogP contribution in [0.3, 0.4) is 0 Å². The molecule has 5 saturated heterocycles. The van der Waals surface area contributed by atoms with Crippen LogP contribution >= 0.6 is 11.8 Å². The van der Waals surface area contributed by atoms with E-state index in [2.05, 4.69) is 73.8 Å². The lowest BCUT2D eigenvalue weighted by Crippen LogP contribution is -2.61. The van der Waals surface area contributed by atoms with Gasteiger partial charge in [0, 0.05) is 119 Å². The number of amides is 18. The summed E-state index contributed by atoms with van der Waals surface area (Å²) in [5, 5.41) is 55.7. The number of aromatic amines is 2. The van der Waals surface area contributed by atoms with Crippen LogP contribution in [0.25, 0.3) is 21.8 Å². The van der Waals surface area contributed by atoms with Gasteiger partial charge in [-0.3, -0.25) is 86.3 Å². The normalized spacial score (nSPS) is 26.8. The van der Waals surface area contributed by atoms with Gasteiger partial charge in [0.15, 0.2) is 0 Å². The quantitative estimate of drug-likeness (QED) is 0.0580. The van der Waals surface area contributed by atoms with E-state index in [1.165, 1.54) is 69.1 Å². The molecule has 0 radical (unpaired) electrons. The van der Waals surface area contributed by atoms with Gasteiger partial charge in [0.25, 0.3) is 0 Å². The maximum absolute atomic E-state index is 15.9. The van der Waals surface area contributed by atoms with Gasteiger partial charge in [-0.25, -0.2) is 0 Å². The Morgan fingerprint density at radius 3 is 1.69 bits per heavy atom. The van der Waals surface area contributed by atoms with Gasteiger partial charge in [0.05, 0.1) is 24.8 Å². The smallest absolute Gasteiger partial charge is 0.246 e. The molecule has 41 heteroatoms. The third kappa shape index (κ3) is 27.2. The number of nitrogens with zero attached hydrogens (tertiary/aromatic N) is 5. The van der Waals surface area contributed by atoms with E-state index in [0.717, 1.165) is 26.5 Å². The molecule has 7 heterocycles. The topological polar surface area (TPSA) is 566 Å². The monoisotopic (exact) mass is 1840 g/mol. The summed E-state index contributed by atoms with van der Waals surface area (Å²) in [5.41, 5.74) is 8.29. The minimum Gasteiger partial charge on any atom is -0.508 e. The van der Waals surface area contributed by atoms with Crippen molar-refractivity contribution in [1.29, 1.82) is 0 Å². The number of carbonyl (C=O) groups excluding carboxylic acids is 18. The Kier molecular flexibility index (Phi) is 36.6. The first kappa shape index (κ1) is 100. The van der Waals surface area contributed by atoms with E-state index in [1.54, 1.807) is 48.8 Å². The van der Waals surface area contributed by atoms with Crippen LogP contribution in [0, 0.1) is 0 Å². The predicted octanol–water partition coefficient (Wildman–Crippen LogP) is -1.28. The molecule has 131 heavy (non-hydrogen) atoms. The van der Waals surface area contributed by atoms with E-state index in [1.807, 2.05) is 26.0 Å². The summed E-state index contributed by atoms with van der Waals surface area (Å²) in [6, 6.07) is -1.10. The first-order valence-electron chi connectivity index (χ1n) is 45.0. The molecular weight excluding hydrogens is 1710 g/mol. The minimum atomic E-state index is -1.68. The Balaban J connectivity index is 1.06. The zero-order valence-corrected chi connectivity index (χ0v) is 75.8. The van der Waals surface area contributed by atoms with Gasteiger partial charge in [0.2, 0.25) is 106 Å². The number of primary amides is 1. The van der Waals surface area contributed by atoms with Crippen molar-refractivity contribution < 1.29 is 96.5 Å². The SMILES string of the molecule is CCCC[C@H]1C(=O)N(C)[C@@H](CCCC)C(=O)N[C@H]2CCC(=O)NCCCC[C@H](NC(=O)[C@H](Cc3c[nH]c4ccccc34)NC(=O)[C@@H]3C[C@@H](O)CN3C(=O)[C@@H]3CCCCNC(=O)C[C@H](NC(=O)[C@H](C)N(C)C(=O)[C@H](Cc4ccc(O)cc4)NC(=O)CSC[C@@H](C(=O)NCC(N)=O)NC2=O)C(=O)N2CCC[C@H]2C(=O)N[C@@H](C)C(=O)N3)C(=O)N[C@@H](Cc2c[nH]c3ccccc23)C(=O)N1C. The highest BCUT2D eigenvalue weighted by molar-refractivity contribution is 8.00. The van der Waals surface area contributed by atoms with Crippen LogP contribution < -0.4 is 69.5 Å². The molecule has 710 valence electrons. The molecular formula is C90H124N20O20S. The number of likely N-dealkylation sites (N-methyl/N-ethyl adjacent to an activating group) is 3. The lowest BCUT2D eigenvalue weighted by atomic mass is 9.99. The Labute approximate surface area is 762 Å². The van der Waals surface area contributed by atoms with Crippen LogP contribution in [0.5, 0.6) is 5.75 Å². The van der Waals surface area contributed by atoms with Gasteiger partial charge in [-0.15, -0.1) is 11.8 Å². The zero-order chi connectivity index (χ0) is 94.9. The molecule has 5 fully saturated rings. The van der Waals surface area contributed by atoms with E-state index in [-0.39, 0.29) is 115 Å². The number of aromatic nitrogens is 2. The predicted molar refractivity (Wildman–Crippen MR) is 481 cm³/mol. The number of phenols is 1. The van der Waals surface area contributed by atoms with Gasteiger partial charge in [0.1, 0.15) is 90.3 Å². The molecule has 5 aromatic rings. The Morgan fingerprint density at radius 1 is 0.496 bits per heavy atom. The van der Waals surface area contributed by atoms with Crippen LogP contribution in [-0.4, -0.2) is 307 Å². The first-order chi connectivity index (χ1) is 62.6. The lowest BCUT2D eigenvalue weighted by Gasteiger charge is -2.36. The lowest BCUT2D eigenvalue weighted by molar-refractivity contribution is -0.149. The Bertz CT molecular complexity index is 4990. The highest BCUT2D eigenvalue weighted by Gasteiger charge is 2.47. The van der Waals surface area contributed by atoms with E-state index >= 15 is 38.4 Å². The summed E-state index contributed by atoms with van der Waals surface area (Å²) in [6.45, 7) is 4.96. The van der Waals surface area contributed by atoms with E-state index in [0.29, 0.717) is 64.2 Å². The number of nitrogens with one attached hydrogen (secondary N) is 14. The van der Waals surface area contributed by atoms with Crippen molar-refractivity contribution >= 4 is 140 Å². The van der Waals surface area contributed by atoms with E-state index < -0.39 is 241 Å². The third-order valence-corrected chi connectivity index (χ3v) is 25.7. The number of unbranched alkanes of at least 4 members (excludes halogenated alkanes) is 2. The minimum absolute atomic E-state index is 0.00604. The molecule has 18 N–H and O–H groups in total. The summed E-state index contributed by atoms with van der Waals surface area (Å²) in [6.07, 6.45) is 1.33. The number of H-pyrrole nitrogens is 2. The Hall–Kier alpha value is -12.7. The Morgan fingerprint density at radius 2 is 1.04 bits per heavy atom. The highest BCUT2D eigenvalue weighted by Crippen LogP contribution is 2.28. The number of phenolic OH excluding ortho intramolecular Hbond substituents is 1. The van der Waals surface area contributed by atoms with Gasteiger partial charge < -0.3 is 114 Å². The average Bonchev–Trinajstić information content (AvgIpc) is 1.45. The fraction of sp³-hybridized carbons (Fsp3) is 0.556. The number of aliphatic hydroxyl groups excluding tert-OH is 1. The molecule has 4 bridgehead atoms. The number of rotatable bonds is 15. The van der Waals surface area contributed by atoms with Crippen molar-refractivity contribution in [2.24, 2.45) is 5.73 Å². The number of aliphatic hydroxyl groups is 1. The number of fused-ring (bicyclic) bond motifs is 21. The van der Waals surface area contributed by atoms with Crippen molar-refractivity contribution in [3.8, 4) is 5.75 Å². The number of nitrogens with two attached hydrogens (primary N) is 1. The van der Waals surface area contributed by atoms with Crippen molar-refractivity contribution in [3.63, 3.8) is 0 Å². The second-order valence-electron chi connectivity index (χ2n) is 34.3. The van der Waals surface area contributed by atoms with Crippen molar-refractivity contribution in [2.45, 2.75) is 253 Å².